The number of nitrogens with two attached hydrogens (primary N) is 1. The van der Waals surface area contributed by atoms with E-state index < -0.39 is 0 Å². The van der Waals surface area contributed by atoms with E-state index in [0.29, 0.717) is 5.70 Å². The highest BCUT2D eigenvalue weighted by Gasteiger charge is 1.78. The molecule has 0 aromatic rings. The monoisotopic (exact) mass is 139 g/mol. The molecular formula is C7H13N3. The first-order valence-corrected chi connectivity index (χ1v) is 3.22. The molecule has 0 atom stereocenters. The van der Waals surface area contributed by atoms with Crippen LogP contribution in [0.4, 0.5) is 0 Å². The highest BCUT2D eigenvalue weighted by Crippen LogP contribution is 1.81. The van der Waals surface area contributed by atoms with E-state index in [9.17, 15) is 0 Å². The van der Waals surface area contributed by atoms with Gasteiger partial charge in [0.05, 0.1) is 11.9 Å². The summed E-state index contributed by atoms with van der Waals surface area (Å²) in [6.07, 6.45) is 4.10. The van der Waals surface area contributed by atoms with Crippen molar-refractivity contribution in [3.63, 3.8) is 0 Å². The van der Waals surface area contributed by atoms with E-state index in [4.69, 9.17) is 5.73 Å². The Morgan fingerprint density at radius 1 is 1.70 bits per heavy atom. The molecule has 56 valence electrons. The molecule has 0 unspecified atom stereocenters. The van der Waals surface area contributed by atoms with Crippen LogP contribution in [0.5, 0.6) is 0 Å². The van der Waals surface area contributed by atoms with Crippen LogP contribution in [0.1, 0.15) is 13.3 Å². The molecule has 0 heterocycles. The normalized spacial score (nSPS) is 12.3. The third-order valence-electron chi connectivity index (χ3n) is 0.833. The number of rotatable bonds is 4. The largest absolute Gasteiger partial charge is 0.396 e. The van der Waals surface area contributed by atoms with Crippen LogP contribution >= 0.6 is 0 Å². The minimum atomic E-state index is 0.545. The highest BCUT2D eigenvalue weighted by molar-refractivity contribution is 5.77. The molecule has 0 rings (SSSR count). The summed E-state index contributed by atoms with van der Waals surface area (Å²) in [5.41, 5.74) is 5.95. The van der Waals surface area contributed by atoms with E-state index in [1.165, 1.54) is 6.20 Å². The van der Waals surface area contributed by atoms with Crippen LogP contribution in [-0.2, 0) is 0 Å². The number of hydrogen-bond donors (Lipinski definition) is 1. The van der Waals surface area contributed by atoms with Crippen LogP contribution in [0.3, 0.4) is 0 Å². The fraction of sp³-hybridized carbons (Fsp3) is 0.429. The van der Waals surface area contributed by atoms with Gasteiger partial charge in [0, 0.05) is 12.8 Å². The lowest BCUT2D eigenvalue weighted by Crippen LogP contribution is -1.97. The summed E-state index contributed by atoms with van der Waals surface area (Å²) in [5, 5.41) is 0. The first-order valence-electron chi connectivity index (χ1n) is 3.22. The maximum absolute atomic E-state index is 5.40. The zero-order chi connectivity index (χ0) is 7.82. The minimum absolute atomic E-state index is 0.545. The molecule has 0 saturated heterocycles. The van der Waals surface area contributed by atoms with Gasteiger partial charge in [-0.1, -0.05) is 6.92 Å². The molecule has 0 fully saturated rings. The van der Waals surface area contributed by atoms with Gasteiger partial charge in [0.15, 0.2) is 0 Å². The Morgan fingerprint density at radius 3 is 2.90 bits per heavy atom. The van der Waals surface area contributed by atoms with Crippen molar-refractivity contribution in [2.75, 3.05) is 6.54 Å². The Morgan fingerprint density at radius 2 is 2.40 bits per heavy atom. The number of allylic oxidation sites excluding steroid dienone is 1. The summed E-state index contributed by atoms with van der Waals surface area (Å²) in [6.45, 7) is 6.13. The van der Waals surface area contributed by atoms with E-state index in [-0.39, 0.29) is 0 Å². The van der Waals surface area contributed by atoms with Crippen molar-refractivity contribution in [2.24, 2.45) is 15.7 Å². The van der Waals surface area contributed by atoms with Crippen LogP contribution in [0.15, 0.2) is 21.9 Å². The number of hydrogen-bond acceptors (Lipinski definition) is 3. The first kappa shape index (κ1) is 8.88. The summed E-state index contributed by atoms with van der Waals surface area (Å²) in [4.78, 5) is 7.49. The van der Waals surface area contributed by atoms with E-state index in [2.05, 4.69) is 23.6 Å². The SMILES string of the molecule is C=N/C=C(/N)C=NCCC. The molecule has 0 aliphatic rings. The molecule has 0 aromatic heterocycles. The van der Waals surface area contributed by atoms with Crippen molar-refractivity contribution in [1.29, 1.82) is 0 Å². The number of aliphatic imine (C=N–C) groups is 2. The molecule has 3 nitrogen and oxygen atoms in total. The fourth-order valence-corrected chi connectivity index (χ4v) is 0.438. The van der Waals surface area contributed by atoms with Crippen molar-refractivity contribution in [2.45, 2.75) is 13.3 Å². The zero-order valence-electron chi connectivity index (χ0n) is 6.25. The second-order valence-corrected chi connectivity index (χ2v) is 1.85. The molecule has 0 amide bonds. The predicted molar refractivity (Wildman–Crippen MR) is 45.5 cm³/mol. The van der Waals surface area contributed by atoms with Gasteiger partial charge in [0.25, 0.3) is 0 Å². The summed E-state index contributed by atoms with van der Waals surface area (Å²) in [5.74, 6) is 0. The second-order valence-electron chi connectivity index (χ2n) is 1.85. The van der Waals surface area contributed by atoms with Gasteiger partial charge in [-0.25, -0.2) is 0 Å². The quantitative estimate of drug-likeness (QED) is 0.579. The second kappa shape index (κ2) is 6.01. The van der Waals surface area contributed by atoms with Gasteiger partial charge in [0.1, 0.15) is 0 Å². The summed E-state index contributed by atoms with van der Waals surface area (Å²) < 4.78 is 0. The van der Waals surface area contributed by atoms with Crippen LogP contribution in [0.2, 0.25) is 0 Å². The predicted octanol–water partition coefficient (Wildman–Crippen LogP) is 0.968. The fourth-order valence-electron chi connectivity index (χ4n) is 0.438. The molecule has 0 bridgehead atoms. The Balaban J connectivity index is 3.65. The van der Waals surface area contributed by atoms with E-state index in [1.807, 2.05) is 0 Å². The minimum Gasteiger partial charge on any atom is -0.396 e. The van der Waals surface area contributed by atoms with Crippen molar-refractivity contribution in [3.8, 4) is 0 Å². The lowest BCUT2D eigenvalue weighted by atomic mass is 10.5. The summed E-state index contributed by atoms with van der Waals surface area (Å²) >= 11 is 0. The molecule has 2 N–H and O–H groups in total. The van der Waals surface area contributed by atoms with E-state index in [0.717, 1.165) is 13.0 Å². The van der Waals surface area contributed by atoms with Crippen LogP contribution in [0.25, 0.3) is 0 Å². The Labute approximate surface area is 61.4 Å². The molecule has 0 spiro atoms. The van der Waals surface area contributed by atoms with Crippen LogP contribution in [0, 0.1) is 0 Å². The summed E-state index contributed by atoms with van der Waals surface area (Å²) in [6, 6.07) is 0. The van der Waals surface area contributed by atoms with E-state index in [1.54, 1.807) is 6.21 Å². The maximum atomic E-state index is 5.40. The van der Waals surface area contributed by atoms with Gasteiger partial charge in [-0.3, -0.25) is 9.98 Å². The lowest BCUT2D eigenvalue weighted by Gasteiger charge is -1.87. The average Bonchev–Trinajstić information content (AvgIpc) is 1.89. The van der Waals surface area contributed by atoms with Gasteiger partial charge in [-0.15, -0.1) is 0 Å². The Bertz CT molecular complexity index is 147. The van der Waals surface area contributed by atoms with Crippen molar-refractivity contribution < 1.29 is 0 Å². The standard InChI is InChI=1S/C7H13N3/c1-3-4-10-6-7(8)5-9-2/h5-6H,2-4,8H2,1H3/b7-5+,10-6?. The summed E-state index contributed by atoms with van der Waals surface area (Å²) in [7, 11) is 0. The van der Waals surface area contributed by atoms with Gasteiger partial charge < -0.3 is 5.73 Å². The molecule has 0 aromatic carbocycles. The molecule has 3 heteroatoms. The maximum Gasteiger partial charge on any atom is 0.0681 e. The van der Waals surface area contributed by atoms with E-state index >= 15 is 0 Å². The lowest BCUT2D eigenvalue weighted by molar-refractivity contribution is 0.936. The van der Waals surface area contributed by atoms with Crippen molar-refractivity contribution >= 4 is 12.9 Å². The third-order valence-corrected chi connectivity index (χ3v) is 0.833. The van der Waals surface area contributed by atoms with Crippen LogP contribution in [-0.4, -0.2) is 19.5 Å². The molecule has 0 saturated carbocycles. The molecule has 0 aliphatic carbocycles. The molecule has 10 heavy (non-hydrogen) atoms. The zero-order valence-corrected chi connectivity index (χ0v) is 6.25. The Hall–Kier alpha value is -1.12. The molecule has 0 radical (unpaired) electrons. The van der Waals surface area contributed by atoms with Gasteiger partial charge in [0.2, 0.25) is 0 Å². The first-order chi connectivity index (χ1) is 4.81. The molecule has 0 aliphatic heterocycles. The van der Waals surface area contributed by atoms with Gasteiger partial charge in [-0.05, 0) is 13.1 Å². The Kier molecular flexibility index (Phi) is 5.33. The molecular weight excluding hydrogens is 126 g/mol. The number of nitrogens with zero attached hydrogens (tertiary/aromatic N) is 2. The smallest absolute Gasteiger partial charge is 0.0681 e. The third kappa shape index (κ3) is 5.03. The average molecular weight is 139 g/mol. The van der Waals surface area contributed by atoms with Crippen molar-refractivity contribution in [1.82, 2.24) is 0 Å². The highest BCUT2D eigenvalue weighted by atomic mass is 14.8. The topological polar surface area (TPSA) is 50.7 Å². The van der Waals surface area contributed by atoms with Gasteiger partial charge in [-0.2, -0.15) is 0 Å². The van der Waals surface area contributed by atoms with Crippen LogP contribution < -0.4 is 5.73 Å². The van der Waals surface area contributed by atoms with Gasteiger partial charge >= 0.3 is 0 Å². The van der Waals surface area contributed by atoms with Crippen molar-refractivity contribution in [3.05, 3.63) is 11.9 Å².